The van der Waals surface area contributed by atoms with Gasteiger partial charge in [-0.1, -0.05) is 30.3 Å². The Morgan fingerprint density at radius 1 is 1.14 bits per heavy atom. The molecule has 0 spiro atoms. The summed E-state index contributed by atoms with van der Waals surface area (Å²) in [7, 11) is 1.71. The molecular formula is C17H28N2O2. The first-order valence-corrected chi connectivity index (χ1v) is 7.97. The van der Waals surface area contributed by atoms with Crippen molar-refractivity contribution in [3.63, 3.8) is 0 Å². The van der Waals surface area contributed by atoms with Crippen molar-refractivity contribution in [2.45, 2.75) is 18.9 Å². The lowest BCUT2D eigenvalue weighted by molar-refractivity contribution is 0.0671. The summed E-state index contributed by atoms with van der Waals surface area (Å²) < 4.78 is 10.5. The average Bonchev–Trinajstić information content (AvgIpc) is 2.55. The van der Waals surface area contributed by atoms with E-state index < -0.39 is 0 Å². The van der Waals surface area contributed by atoms with Gasteiger partial charge >= 0.3 is 0 Å². The number of rotatable bonds is 9. The van der Waals surface area contributed by atoms with E-state index in [1.165, 1.54) is 18.5 Å². The zero-order valence-corrected chi connectivity index (χ0v) is 13.1. The molecule has 21 heavy (non-hydrogen) atoms. The summed E-state index contributed by atoms with van der Waals surface area (Å²) in [5, 5.41) is 3.61. The Labute approximate surface area is 128 Å². The molecular weight excluding hydrogens is 264 g/mol. The molecule has 0 radical (unpaired) electrons. The van der Waals surface area contributed by atoms with Crippen LogP contribution in [0.15, 0.2) is 30.3 Å². The van der Waals surface area contributed by atoms with Crippen LogP contribution >= 0.6 is 0 Å². The molecule has 118 valence electrons. The first kappa shape index (κ1) is 16.4. The van der Waals surface area contributed by atoms with Crippen LogP contribution < -0.4 is 5.32 Å². The lowest BCUT2D eigenvalue weighted by Crippen LogP contribution is -2.46. The standard InChI is InChI=1S/C17H28N2O2/c1-20-13-14-21-12-6-5-10-19-11-9-18-17(15-19)16-7-3-2-4-8-16/h2-4,7-8,17-18H,5-6,9-15H2,1H3. The fraction of sp³-hybridized carbons (Fsp3) is 0.647. The number of nitrogens with one attached hydrogen (secondary N) is 1. The maximum absolute atomic E-state index is 5.50. The number of methoxy groups -OCH3 is 1. The van der Waals surface area contributed by atoms with Crippen molar-refractivity contribution in [1.82, 2.24) is 10.2 Å². The van der Waals surface area contributed by atoms with Crippen LogP contribution in [0.2, 0.25) is 0 Å². The van der Waals surface area contributed by atoms with Crippen LogP contribution in [0.25, 0.3) is 0 Å². The van der Waals surface area contributed by atoms with Crippen LogP contribution in [0.1, 0.15) is 24.4 Å². The number of nitrogens with zero attached hydrogens (tertiary/aromatic N) is 1. The molecule has 4 nitrogen and oxygen atoms in total. The van der Waals surface area contributed by atoms with Gasteiger partial charge in [-0.2, -0.15) is 0 Å². The van der Waals surface area contributed by atoms with E-state index in [1.54, 1.807) is 7.11 Å². The predicted octanol–water partition coefficient (Wildman–Crippen LogP) is 2.08. The van der Waals surface area contributed by atoms with Gasteiger partial charge in [-0.15, -0.1) is 0 Å². The second-order valence-corrected chi connectivity index (χ2v) is 5.53. The topological polar surface area (TPSA) is 33.7 Å². The minimum absolute atomic E-state index is 0.470. The molecule has 1 aromatic rings. The molecule has 1 N–H and O–H groups in total. The number of hydrogen-bond acceptors (Lipinski definition) is 4. The van der Waals surface area contributed by atoms with Crippen LogP contribution in [0, 0.1) is 0 Å². The summed E-state index contributed by atoms with van der Waals surface area (Å²) in [5.74, 6) is 0. The minimum atomic E-state index is 0.470. The molecule has 1 saturated heterocycles. The Kier molecular flexibility index (Phi) is 7.75. The van der Waals surface area contributed by atoms with E-state index in [1.807, 2.05) is 0 Å². The molecule has 4 heteroatoms. The summed E-state index contributed by atoms with van der Waals surface area (Å²) in [4.78, 5) is 2.56. The second-order valence-electron chi connectivity index (χ2n) is 5.53. The minimum Gasteiger partial charge on any atom is -0.382 e. The summed E-state index contributed by atoms with van der Waals surface area (Å²) >= 11 is 0. The van der Waals surface area contributed by atoms with Gasteiger partial charge in [-0.05, 0) is 24.9 Å². The molecule has 1 unspecified atom stereocenters. The first-order valence-electron chi connectivity index (χ1n) is 7.97. The highest BCUT2D eigenvalue weighted by atomic mass is 16.5. The average molecular weight is 292 g/mol. The molecule has 0 aliphatic carbocycles. The highest BCUT2D eigenvalue weighted by Crippen LogP contribution is 2.17. The molecule has 2 rings (SSSR count). The Morgan fingerprint density at radius 3 is 2.81 bits per heavy atom. The normalized spacial score (nSPS) is 19.8. The molecule has 1 heterocycles. The molecule has 0 aromatic heterocycles. The summed E-state index contributed by atoms with van der Waals surface area (Å²) in [6.45, 7) is 6.74. The van der Waals surface area contributed by atoms with E-state index >= 15 is 0 Å². The van der Waals surface area contributed by atoms with Gasteiger partial charge in [-0.25, -0.2) is 0 Å². The second kappa shape index (κ2) is 9.90. The lowest BCUT2D eigenvalue weighted by Gasteiger charge is -2.34. The van der Waals surface area contributed by atoms with E-state index in [0.717, 1.165) is 32.7 Å². The molecule has 1 aliphatic rings. The van der Waals surface area contributed by atoms with Crippen molar-refractivity contribution in [2.24, 2.45) is 0 Å². The fourth-order valence-electron chi connectivity index (χ4n) is 2.71. The predicted molar refractivity (Wildman–Crippen MR) is 85.6 cm³/mol. The Morgan fingerprint density at radius 2 is 2.00 bits per heavy atom. The molecule has 0 bridgehead atoms. The first-order chi connectivity index (χ1) is 10.4. The monoisotopic (exact) mass is 292 g/mol. The van der Waals surface area contributed by atoms with Crippen LogP contribution in [-0.2, 0) is 9.47 Å². The highest BCUT2D eigenvalue weighted by Gasteiger charge is 2.19. The van der Waals surface area contributed by atoms with E-state index in [4.69, 9.17) is 9.47 Å². The fourth-order valence-corrected chi connectivity index (χ4v) is 2.71. The van der Waals surface area contributed by atoms with Crippen molar-refractivity contribution in [1.29, 1.82) is 0 Å². The van der Waals surface area contributed by atoms with Gasteiger partial charge < -0.3 is 19.7 Å². The Bertz CT molecular complexity index is 372. The van der Waals surface area contributed by atoms with Crippen molar-refractivity contribution < 1.29 is 9.47 Å². The molecule has 0 saturated carbocycles. The number of unbranched alkanes of at least 4 members (excludes halogenated alkanes) is 1. The third kappa shape index (κ3) is 6.14. The highest BCUT2D eigenvalue weighted by molar-refractivity contribution is 5.19. The van der Waals surface area contributed by atoms with Gasteiger partial charge in [0.15, 0.2) is 0 Å². The van der Waals surface area contributed by atoms with Gasteiger partial charge in [0.2, 0.25) is 0 Å². The largest absolute Gasteiger partial charge is 0.382 e. The van der Waals surface area contributed by atoms with Crippen LogP contribution in [-0.4, -0.2) is 58.0 Å². The third-order valence-electron chi connectivity index (χ3n) is 3.91. The van der Waals surface area contributed by atoms with E-state index in [9.17, 15) is 0 Å². The van der Waals surface area contributed by atoms with Gasteiger partial charge in [0, 0.05) is 39.4 Å². The van der Waals surface area contributed by atoms with E-state index in [0.29, 0.717) is 19.3 Å². The number of ether oxygens (including phenoxy) is 2. The summed E-state index contributed by atoms with van der Waals surface area (Å²) in [5.41, 5.74) is 1.39. The molecule has 1 aliphatic heterocycles. The molecule has 0 amide bonds. The van der Waals surface area contributed by atoms with Crippen LogP contribution in [0.4, 0.5) is 0 Å². The third-order valence-corrected chi connectivity index (χ3v) is 3.91. The van der Waals surface area contributed by atoms with Gasteiger partial charge in [-0.3, -0.25) is 0 Å². The SMILES string of the molecule is COCCOCCCCN1CCNC(c2ccccc2)C1. The number of piperazine rings is 1. The molecule has 1 atom stereocenters. The van der Waals surface area contributed by atoms with E-state index in [-0.39, 0.29) is 0 Å². The summed E-state index contributed by atoms with van der Waals surface area (Å²) in [6, 6.07) is 11.2. The smallest absolute Gasteiger partial charge is 0.0700 e. The lowest BCUT2D eigenvalue weighted by atomic mass is 10.0. The van der Waals surface area contributed by atoms with Crippen LogP contribution in [0.5, 0.6) is 0 Å². The maximum Gasteiger partial charge on any atom is 0.0700 e. The zero-order valence-electron chi connectivity index (χ0n) is 13.1. The molecule has 1 aromatic carbocycles. The quantitative estimate of drug-likeness (QED) is 0.707. The zero-order chi connectivity index (χ0) is 14.8. The number of benzene rings is 1. The van der Waals surface area contributed by atoms with Crippen molar-refractivity contribution in [2.75, 3.05) is 53.1 Å². The van der Waals surface area contributed by atoms with Crippen LogP contribution in [0.3, 0.4) is 0 Å². The van der Waals surface area contributed by atoms with Crippen molar-refractivity contribution >= 4 is 0 Å². The Balaban J connectivity index is 1.61. The Hall–Kier alpha value is -0.940. The van der Waals surface area contributed by atoms with Gasteiger partial charge in [0.05, 0.1) is 13.2 Å². The van der Waals surface area contributed by atoms with Gasteiger partial charge in [0.25, 0.3) is 0 Å². The van der Waals surface area contributed by atoms with Crippen molar-refractivity contribution in [3.05, 3.63) is 35.9 Å². The van der Waals surface area contributed by atoms with Gasteiger partial charge in [0.1, 0.15) is 0 Å². The van der Waals surface area contributed by atoms with E-state index in [2.05, 4.69) is 40.5 Å². The maximum atomic E-state index is 5.50. The van der Waals surface area contributed by atoms with Crippen molar-refractivity contribution in [3.8, 4) is 0 Å². The number of hydrogen-bond donors (Lipinski definition) is 1. The summed E-state index contributed by atoms with van der Waals surface area (Å²) in [6.07, 6.45) is 2.33. The molecule has 1 fully saturated rings.